The minimum absolute atomic E-state index is 0.337. The number of pyridine rings is 1. The van der Waals surface area contributed by atoms with E-state index < -0.39 is 0 Å². The molecule has 0 unspecified atom stereocenters. The third kappa shape index (κ3) is 2.66. The van der Waals surface area contributed by atoms with E-state index in [0.717, 1.165) is 26.2 Å². The van der Waals surface area contributed by atoms with E-state index in [1.807, 2.05) is 30.3 Å². The highest BCUT2D eigenvalue weighted by Crippen LogP contribution is 2.29. The average molecular weight is 349 g/mol. The number of nitrogens with one attached hydrogen (secondary N) is 1. The average Bonchev–Trinajstić information content (AvgIpc) is 2.85. The molecule has 20 heavy (non-hydrogen) atoms. The van der Waals surface area contributed by atoms with Gasteiger partial charge in [0.2, 0.25) is 5.13 Å². The Hall–Kier alpha value is -1.53. The van der Waals surface area contributed by atoms with Crippen molar-refractivity contribution in [3.8, 4) is 11.5 Å². The third-order valence-corrected chi connectivity index (χ3v) is 3.98. The highest BCUT2D eigenvalue weighted by molar-refractivity contribution is 9.10. The zero-order valence-corrected chi connectivity index (χ0v) is 13.5. The van der Waals surface area contributed by atoms with Gasteiger partial charge >= 0.3 is 0 Å². The van der Waals surface area contributed by atoms with Gasteiger partial charge in [-0.25, -0.2) is 4.98 Å². The van der Waals surface area contributed by atoms with Gasteiger partial charge in [0, 0.05) is 27.4 Å². The molecule has 0 saturated heterocycles. The monoisotopic (exact) mass is 348 g/mol. The molecule has 0 aliphatic carbocycles. The molecule has 2 aromatic heterocycles. The lowest BCUT2D eigenvalue weighted by Gasteiger charge is -2.04. The van der Waals surface area contributed by atoms with Crippen LogP contribution in [0, 0.1) is 0 Å². The Bertz CT molecular complexity index is 754. The molecule has 0 atom stereocenters. The highest BCUT2D eigenvalue weighted by atomic mass is 79.9. The van der Waals surface area contributed by atoms with Crippen LogP contribution in [0.1, 0.15) is 13.8 Å². The van der Waals surface area contributed by atoms with Crippen LogP contribution < -0.4 is 5.32 Å². The Morgan fingerprint density at radius 2 is 2.00 bits per heavy atom. The van der Waals surface area contributed by atoms with E-state index in [9.17, 15) is 0 Å². The first kappa shape index (κ1) is 13.5. The van der Waals surface area contributed by atoms with Crippen molar-refractivity contribution in [2.75, 3.05) is 5.32 Å². The molecule has 0 aliphatic heterocycles. The molecule has 1 aromatic carbocycles. The first-order chi connectivity index (χ1) is 9.63. The molecule has 0 radical (unpaired) electrons. The van der Waals surface area contributed by atoms with Gasteiger partial charge in [-0.2, -0.15) is 9.36 Å². The molecule has 3 rings (SSSR count). The number of nitrogens with zero attached hydrogens (tertiary/aromatic N) is 3. The molecule has 0 bridgehead atoms. The van der Waals surface area contributed by atoms with Crippen LogP contribution in [0.15, 0.2) is 34.8 Å². The normalized spacial score (nSPS) is 11.2. The summed E-state index contributed by atoms with van der Waals surface area (Å²) in [6, 6.07) is 10.4. The van der Waals surface area contributed by atoms with Crippen LogP contribution in [-0.4, -0.2) is 20.4 Å². The summed E-state index contributed by atoms with van der Waals surface area (Å²) >= 11 is 4.91. The Morgan fingerprint density at radius 3 is 2.80 bits per heavy atom. The molecule has 3 aromatic rings. The van der Waals surface area contributed by atoms with E-state index >= 15 is 0 Å². The van der Waals surface area contributed by atoms with E-state index in [4.69, 9.17) is 0 Å². The molecule has 4 nitrogen and oxygen atoms in total. The van der Waals surface area contributed by atoms with E-state index in [1.165, 1.54) is 11.5 Å². The largest absolute Gasteiger partial charge is 0.358 e. The van der Waals surface area contributed by atoms with Gasteiger partial charge < -0.3 is 5.32 Å². The minimum Gasteiger partial charge on any atom is -0.358 e. The maximum Gasteiger partial charge on any atom is 0.203 e. The van der Waals surface area contributed by atoms with Crippen molar-refractivity contribution in [1.29, 1.82) is 0 Å². The van der Waals surface area contributed by atoms with Crippen LogP contribution in [0.5, 0.6) is 0 Å². The number of para-hydroxylation sites is 1. The molecule has 0 fully saturated rings. The van der Waals surface area contributed by atoms with Gasteiger partial charge in [-0.05, 0) is 41.9 Å². The number of halogens is 1. The van der Waals surface area contributed by atoms with E-state index in [0.29, 0.717) is 11.9 Å². The molecule has 0 amide bonds. The summed E-state index contributed by atoms with van der Waals surface area (Å²) in [6.07, 6.45) is 0. The van der Waals surface area contributed by atoms with Gasteiger partial charge in [-0.1, -0.05) is 18.2 Å². The summed E-state index contributed by atoms with van der Waals surface area (Å²) in [5.74, 6) is 0.649. The lowest BCUT2D eigenvalue weighted by molar-refractivity contribution is 0.896. The summed E-state index contributed by atoms with van der Waals surface area (Å²) in [6.45, 7) is 4.15. The van der Waals surface area contributed by atoms with Gasteiger partial charge in [0.1, 0.15) is 5.69 Å². The maximum absolute atomic E-state index is 4.64. The molecule has 2 heterocycles. The number of hydrogen-bond acceptors (Lipinski definition) is 5. The molecule has 102 valence electrons. The van der Waals surface area contributed by atoms with E-state index in [2.05, 4.69) is 49.4 Å². The fourth-order valence-electron chi connectivity index (χ4n) is 1.87. The predicted octanol–water partition coefficient (Wildman–Crippen LogP) is 4.34. The fourth-order valence-corrected chi connectivity index (χ4v) is 3.10. The summed E-state index contributed by atoms with van der Waals surface area (Å²) in [5.41, 5.74) is 1.72. The van der Waals surface area contributed by atoms with Crippen LogP contribution in [0.4, 0.5) is 5.13 Å². The van der Waals surface area contributed by atoms with Gasteiger partial charge in [-0.3, -0.25) is 0 Å². The Kier molecular flexibility index (Phi) is 3.67. The second-order valence-corrected chi connectivity index (χ2v) is 6.34. The Morgan fingerprint density at radius 1 is 1.20 bits per heavy atom. The van der Waals surface area contributed by atoms with Crippen molar-refractivity contribution in [3.05, 3.63) is 34.8 Å². The van der Waals surface area contributed by atoms with Crippen molar-refractivity contribution < 1.29 is 0 Å². The lowest BCUT2D eigenvalue weighted by Crippen LogP contribution is -2.09. The van der Waals surface area contributed by atoms with Crippen LogP contribution in [0.3, 0.4) is 0 Å². The zero-order chi connectivity index (χ0) is 14.1. The van der Waals surface area contributed by atoms with Crippen molar-refractivity contribution in [2.45, 2.75) is 19.9 Å². The minimum atomic E-state index is 0.337. The molecule has 0 spiro atoms. The summed E-state index contributed by atoms with van der Waals surface area (Å²) in [7, 11) is 0. The molecular formula is C14H13BrN4S. The molecule has 0 aliphatic rings. The predicted molar refractivity (Wildman–Crippen MR) is 87.1 cm³/mol. The number of hydrogen-bond donors (Lipinski definition) is 1. The van der Waals surface area contributed by atoms with Crippen molar-refractivity contribution in [1.82, 2.24) is 14.3 Å². The van der Waals surface area contributed by atoms with Gasteiger partial charge in [0.15, 0.2) is 5.82 Å². The van der Waals surface area contributed by atoms with Crippen molar-refractivity contribution in [3.63, 3.8) is 0 Å². The Balaban J connectivity index is 2.05. The van der Waals surface area contributed by atoms with Crippen molar-refractivity contribution >= 4 is 43.5 Å². The third-order valence-electron chi connectivity index (χ3n) is 2.73. The lowest BCUT2D eigenvalue weighted by atomic mass is 10.2. The quantitative estimate of drug-likeness (QED) is 0.764. The van der Waals surface area contributed by atoms with Gasteiger partial charge in [0.25, 0.3) is 0 Å². The van der Waals surface area contributed by atoms with E-state index in [1.54, 1.807) is 0 Å². The highest BCUT2D eigenvalue weighted by Gasteiger charge is 2.13. The number of aromatic nitrogens is 3. The molecule has 0 saturated carbocycles. The van der Waals surface area contributed by atoms with Crippen LogP contribution in [0.25, 0.3) is 22.4 Å². The number of anilines is 1. The van der Waals surface area contributed by atoms with Crippen LogP contribution >= 0.6 is 27.5 Å². The van der Waals surface area contributed by atoms with E-state index in [-0.39, 0.29) is 0 Å². The SMILES string of the molecule is CC(C)Nc1nc(-c2nc3ccccc3cc2Br)ns1. The summed E-state index contributed by atoms with van der Waals surface area (Å²) < 4.78 is 5.29. The summed E-state index contributed by atoms with van der Waals surface area (Å²) in [5, 5.41) is 5.17. The van der Waals surface area contributed by atoms with Crippen molar-refractivity contribution in [2.24, 2.45) is 0 Å². The smallest absolute Gasteiger partial charge is 0.203 e. The standard InChI is InChI=1S/C14H13BrN4S/c1-8(2)16-14-18-13(19-20-14)12-10(15)7-9-5-3-4-6-11(9)17-12/h3-8H,1-2H3,(H,16,18,19). The first-order valence-electron chi connectivity index (χ1n) is 6.29. The Labute approximate surface area is 129 Å². The number of benzene rings is 1. The molecule has 6 heteroatoms. The fraction of sp³-hybridized carbons (Fsp3) is 0.214. The second-order valence-electron chi connectivity index (χ2n) is 4.73. The summed E-state index contributed by atoms with van der Waals surface area (Å²) in [4.78, 5) is 9.14. The van der Waals surface area contributed by atoms with Crippen LogP contribution in [-0.2, 0) is 0 Å². The molecule has 1 N–H and O–H groups in total. The molecular weight excluding hydrogens is 336 g/mol. The first-order valence-corrected chi connectivity index (χ1v) is 7.86. The number of fused-ring (bicyclic) bond motifs is 1. The zero-order valence-electron chi connectivity index (χ0n) is 11.1. The number of rotatable bonds is 3. The second kappa shape index (κ2) is 5.46. The topological polar surface area (TPSA) is 50.7 Å². The van der Waals surface area contributed by atoms with Crippen LogP contribution in [0.2, 0.25) is 0 Å². The van der Waals surface area contributed by atoms with Gasteiger partial charge in [-0.15, -0.1) is 0 Å². The van der Waals surface area contributed by atoms with Gasteiger partial charge in [0.05, 0.1) is 5.52 Å². The maximum atomic E-state index is 4.64.